The molecule has 26 heavy (non-hydrogen) atoms. The van der Waals surface area contributed by atoms with Crippen LogP contribution in [0.15, 0.2) is 36.4 Å². The van der Waals surface area contributed by atoms with Crippen LogP contribution < -0.4 is 5.32 Å². The molecule has 0 unspecified atom stereocenters. The van der Waals surface area contributed by atoms with Crippen LogP contribution in [0.5, 0.6) is 0 Å². The van der Waals surface area contributed by atoms with Crippen molar-refractivity contribution in [1.29, 1.82) is 0 Å². The van der Waals surface area contributed by atoms with E-state index < -0.39 is 6.04 Å². The van der Waals surface area contributed by atoms with Crippen LogP contribution in [0.3, 0.4) is 0 Å². The molecular weight excluding hydrogens is 328 g/mol. The summed E-state index contributed by atoms with van der Waals surface area (Å²) in [6.07, 6.45) is 8.03. The fourth-order valence-corrected chi connectivity index (χ4v) is 4.52. The van der Waals surface area contributed by atoms with E-state index in [9.17, 15) is 14.4 Å². The van der Waals surface area contributed by atoms with Crippen LogP contribution in [0.2, 0.25) is 0 Å². The van der Waals surface area contributed by atoms with Crippen molar-refractivity contribution in [2.75, 3.05) is 0 Å². The van der Waals surface area contributed by atoms with Crippen LogP contribution in [-0.4, -0.2) is 28.7 Å². The number of benzene rings is 1. The van der Waals surface area contributed by atoms with Crippen LogP contribution in [0.4, 0.5) is 0 Å². The predicted molar refractivity (Wildman–Crippen MR) is 96.9 cm³/mol. The van der Waals surface area contributed by atoms with E-state index in [0.29, 0.717) is 12.8 Å². The van der Waals surface area contributed by atoms with Gasteiger partial charge in [-0.25, -0.2) is 0 Å². The van der Waals surface area contributed by atoms with Crippen molar-refractivity contribution in [1.82, 2.24) is 10.2 Å². The van der Waals surface area contributed by atoms with Crippen molar-refractivity contribution in [3.63, 3.8) is 0 Å². The van der Waals surface area contributed by atoms with Crippen molar-refractivity contribution in [2.24, 2.45) is 11.8 Å². The molecule has 0 radical (unpaired) electrons. The van der Waals surface area contributed by atoms with Crippen molar-refractivity contribution in [3.8, 4) is 0 Å². The number of imide groups is 1. The van der Waals surface area contributed by atoms with Gasteiger partial charge >= 0.3 is 0 Å². The highest BCUT2D eigenvalue weighted by Gasteiger charge is 2.50. The molecule has 0 spiro atoms. The summed E-state index contributed by atoms with van der Waals surface area (Å²) in [7, 11) is 0. The van der Waals surface area contributed by atoms with Crippen molar-refractivity contribution in [3.05, 3.63) is 47.5 Å². The highest BCUT2D eigenvalue weighted by atomic mass is 16.2. The minimum atomic E-state index is -0.769. The fourth-order valence-electron chi connectivity index (χ4n) is 4.52. The first-order valence-electron chi connectivity index (χ1n) is 9.48. The third-order valence-electron chi connectivity index (χ3n) is 5.99. The van der Waals surface area contributed by atoms with Gasteiger partial charge in [0, 0.05) is 0 Å². The summed E-state index contributed by atoms with van der Waals surface area (Å²) in [5.74, 6) is -1.23. The molecule has 0 saturated carbocycles. The predicted octanol–water partition coefficient (Wildman–Crippen LogP) is 2.52. The van der Waals surface area contributed by atoms with Crippen LogP contribution >= 0.6 is 0 Å². The normalized spacial score (nSPS) is 28.5. The zero-order chi connectivity index (χ0) is 18.3. The summed E-state index contributed by atoms with van der Waals surface area (Å²) < 4.78 is 0. The van der Waals surface area contributed by atoms with E-state index in [1.54, 1.807) is 6.92 Å². The van der Waals surface area contributed by atoms with E-state index in [2.05, 4.69) is 17.4 Å². The summed E-state index contributed by atoms with van der Waals surface area (Å²) in [5.41, 5.74) is 2.42. The second-order valence-corrected chi connectivity index (χ2v) is 7.53. The molecule has 0 bridgehead atoms. The summed E-state index contributed by atoms with van der Waals surface area (Å²) in [6.45, 7) is 1.66. The van der Waals surface area contributed by atoms with E-state index in [1.165, 1.54) is 10.5 Å². The summed E-state index contributed by atoms with van der Waals surface area (Å²) in [5, 5.41) is 3.07. The molecule has 5 heteroatoms. The zero-order valence-corrected chi connectivity index (χ0v) is 15.0. The highest BCUT2D eigenvalue weighted by molar-refractivity contribution is 6.08. The van der Waals surface area contributed by atoms with Gasteiger partial charge < -0.3 is 5.32 Å². The van der Waals surface area contributed by atoms with E-state index in [4.69, 9.17) is 0 Å². The average molecular weight is 352 g/mol. The first-order chi connectivity index (χ1) is 12.6. The number of nitrogens with zero attached hydrogens (tertiary/aromatic N) is 1. The zero-order valence-electron chi connectivity index (χ0n) is 15.0. The molecule has 3 aliphatic rings. The van der Waals surface area contributed by atoms with E-state index in [0.717, 1.165) is 24.8 Å². The Labute approximate surface area is 153 Å². The number of hydrogen-bond donors (Lipinski definition) is 1. The summed E-state index contributed by atoms with van der Waals surface area (Å²) in [6, 6.07) is 7.33. The smallest absolute Gasteiger partial charge is 0.243 e. The van der Waals surface area contributed by atoms with Crippen LogP contribution in [0.25, 0.3) is 0 Å². The molecule has 2 aliphatic carbocycles. The number of nitrogens with one attached hydrogen (secondary N) is 1. The Morgan fingerprint density at radius 3 is 2.46 bits per heavy atom. The number of amides is 3. The molecule has 1 N–H and O–H groups in total. The lowest BCUT2D eigenvalue weighted by atomic mass is 9.85. The maximum absolute atomic E-state index is 12.8. The lowest BCUT2D eigenvalue weighted by Crippen LogP contribution is -2.49. The summed E-state index contributed by atoms with van der Waals surface area (Å²) >= 11 is 0. The largest absolute Gasteiger partial charge is 0.347 e. The second kappa shape index (κ2) is 6.71. The monoisotopic (exact) mass is 352 g/mol. The molecule has 3 amide bonds. The first-order valence-corrected chi connectivity index (χ1v) is 9.48. The molecule has 1 heterocycles. The number of carbonyl (C=O) groups excluding carboxylic acids is 3. The Bertz CT molecular complexity index is 759. The molecule has 5 nitrogen and oxygen atoms in total. The molecule has 136 valence electrons. The molecule has 1 fully saturated rings. The minimum Gasteiger partial charge on any atom is -0.347 e. The van der Waals surface area contributed by atoms with Crippen LogP contribution in [0.1, 0.15) is 49.8 Å². The number of carbonyl (C=O) groups is 3. The van der Waals surface area contributed by atoms with Crippen molar-refractivity contribution in [2.45, 2.75) is 51.1 Å². The Morgan fingerprint density at radius 2 is 1.77 bits per heavy atom. The molecule has 0 aromatic heterocycles. The maximum atomic E-state index is 12.8. The topological polar surface area (TPSA) is 66.5 Å². The molecule has 1 saturated heterocycles. The highest BCUT2D eigenvalue weighted by Crippen LogP contribution is 2.36. The van der Waals surface area contributed by atoms with Gasteiger partial charge in [-0.15, -0.1) is 0 Å². The molecular formula is C21H24N2O3. The van der Waals surface area contributed by atoms with Gasteiger partial charge in [0.25, 0.3) is 0 Å². The van der Waals surface area contributed by atoms with Gasteiger partial charge in [-0.3, -0.25) is 19.3 Å². The number of rotatable bonds is 3. The number of hydrogen-bond acceptors (Lipinski definition) is 3. The number of likely N-dealkylation sites (tertiary alicyclic amines) is 1. The van der Waals surface area contributed by atoms with Crippen molar-refractivity contribution >= 4 is 17.7 Å². The van der Waals surface area contributed by atoms with Crippen molar-refractivity contribution < 1.29 is 14.4 Å². The number of allylic oxidation sites excluding steroid dienone is 2. The van der Waals surface area contributed by atoms with E-state index in [1.807, 2.05) is 24.3 Å². The standard InChI is InChI=1S/C21H24N2O3/c1-13(23-20(25)16-10-4-5-11-17(16)21(23)26)19(24)22-18-12-6-8-14-7-2-3-9-15(14)18/h2-5,7,9,13,16-18H,6,8,10-12H2,1H3,(H,22,24)/t13-,16-,17+,18+/m0/s1. The van der Waals surface area contributed by atoms with E-state index >= 15 is 0 Å². The van der Waals surface area contributed by atoms with Gasteiger partial charge in [0.15, 0.2) is 0 Å². The quantitative estimate of drug-likeness (QED) is 0.671. The van der Waals surface area contributed by atoms with Gasteiger partial charge in [-0.2, -0.15) is 0 Å². The van der Waals surface area contributed by atoms with Crippen LogP contribution in [0, 0.1) is 11.8 Å². The Balaban J connectivity index is 1.49. The van der Waals surface area contributed by atoms with Gasteiger partial charge in [0.2, 0.25) is 17.7 Å². The molecule has 4 atom stereocenters. The Kier molecular flexibility index (Phi) is 4.39. The third kappa shape index (κ3) is 2.75. The number of aryl methyl sites for hydroxylation is 1. The van der Waals surface area contributed by atoms with Gasteiger partial charge in [-0.1, -0.05) is 36.4 Å². The van der Waals surface area contributed by atoms with Gasteiger partial charge in [0.1, 0.15) is 6.04 Å². The SMILES string of the molecule is C[C@@H](C(=O)N[C@@H]1CCCc2ccccc21)N1C(=O)[C@H]2CC=CC[C@H]2C1=O. The third-order valence-corrected chi connectivity index (χ3v) is 5.99. The molecule has 4 rings (SSSR count). The fraction of sp³-hybridized carbons (Fsp3) is 0.476. The average Bonchev–Trinajstić information content (AvgIpc) is 2.92. The summed E-state index contributed by atoms with van der Waals surface area (Å²) in [4.78, 5) is 39.4. The number of fused-ring (bicyclic) bond motifs is 2. The Morgan fingerprint density at radius 1 is 1.12 bits per heavy atom. The van der Waals surface area contributed by atoms with Crippen LogP contribution in [-0.2, 0) is 20.8 Å². The Hall–Kier alpha value is -2.43. The first kappa shape index (κ1) is 17.0. The molecule has 1 aliphatic heterocycles. The minimum absolute atomic E-state index is 0.0494. The molecule has 1 aromatic rings. The van der Waals surface area contributed by atoms with Gasteiger partial charge in [0.05, 0.1) is 17.9 Å². The molecule has 1 aromatic carbocycles. The van der Waals surface area contributed by atoms with Gasteiger partial charge in [-0.05, 0) is 50.2 Å². The second-order valence-electron chi connectivity index (χ2n) is 7.53. The van der Waals surface area contributed by atoms with E-state index in [-0.39, 0.29) is 35.6 Å². The lowest BCUT2D eigenvalue weighted by molar-refractivity contribution is -0.147. The lowest BCUT2D eigenvalue weighted by Gasteiger charge is -2.29. The maximum Gasteiger partial charge on any atom is 0.243 e.